The van der Waals surface area contributed by atoms with Crippen LogP contribution in [0.25, 0.3) is 26.9 Å². The number of nitrogens with one attached hydrogen (secondary N) is 1. The number of hydrogen-bond acceptors (Lipinski definition) is 7. The molecule has 0 spiro atoms. The molecule has 1 fully saturated rings. The Morgan fingerprint density at radius 1 is 1.23 bits per heavy atom. The highest BCUT2D eigenvalue weighted by Gasteiger charge is 2.18. The van der Waals surface area contributed by atoms with Gasteiger partial charge in [0.2, 0.25) is 0 Å². The minimum absolute atomic E-state index is 0.0860. The van der Waals surface area contributed by atoms with E-state index in [2.05, 4.69) is 25.3 Å². The lowest BCUT2D eigenvalue weighted by atomic mass is 10.2. The second-order valence-electron chi connectivity index (χ2n) is 6.35. The Morgan fingerprint density at radius 2 is 2.08 bits per heavy atom. The molecule has 4 heterocycles. The molecule has 9 heteroatoms. The topological polar surface area (TPSA) is 80.9 Å². The first kappa shape index (κ1) is 15.5. The van der Waals surface area contributed by atoms with E-state index >= 15 is 0 Å². The zero-order valence-electron chi connectivity index (χ0n) is 14.2. The molecule has 132 valence electrons. The van der Waals surface area contributed by atoms with Gasteiger partial charge in [-0.15, -0.1) is 0 Å². The van der Waals surface area contributed by atoms with Crippen molar-refractivity contribution in [3.8, 4) is 5.69 Å². The summed E-state index contributed by atoms with van der Waals surface area (Å²) in [6, 6.07) is 5.76. The summed E-state index contributed by atoms with van der Waals surface area (Å²) in [5, 5.41) is 9.55. The van der Waals surface area contributed by atoms with Crippen molar-refractivity contribution in [2.75, 3.05) is 31.1 Å². The Labute approximate surface area is 152 Å². The number of hydrogen-bond donors (Lipinski definition) is 1. The van der Waals surface area contributed by atoms with Crippen LogP contribution in [0.3, 0.4) is 0 Å². The van der Waals surface area contributed by atoms with E-state index in [-0.39, 0.29) is 5.56 Å². The molecule has 1 aliphatic heterocycles. The van der Waals surface area contributed by atoms with Crippen molar-refractivity contribution in [3.05, 3.63) is 41.1 Å². The zero-order chi connectivity index (χ0) is 17.7. The summed E-state index contributed by atoms with van der Waals surface area (Å²) < 4.78 is 3.93. The van der Waals surface area contributed by atoms with Crippen molar-refractivity contribution >= 4 is 37.7 Å². The van der Waals surface area contributed by atoms with Gasteiger partial charge in [-0.05, 0) is 18.2 Å². The number of thiazole rings is 1. The van der Waals surface area contributed by atoms with Gasteiger partial charge in [0.05, 0.1) is 11.2 Å². The SMILES string of the molecule is Cn1cc2cc(-n3cnc4nc(N5CCNCC5)sc4c3=O)ccc2n1. The summed E-state index contributed by atoms with van der Waals surface area (Å²) in [5.74, 6) is 0. The van der Waals surface area contributed by atoms with Crippen LogP contribution in [0, 0.1) is 0 Å². The van der Waals surface area contributed by atoms with E-state index in [1.54, 1.807) is 15.6 Å². The molecule has 0 saturated carbocycles. The minimum atomic E-state index is -0.0860. The third-order valence-electron chi connectivity index (χ3n) is 4.57. The third-order valence-corrected chi connectivity index (χ3v) is 5.67. The van der Waals surface area contributed by atoms with Gasteiger partial charge in [0.1, 0.15) is 11.0 Å². The number of aryl methyl sites for hydroxylation is 1. The van der Waals surface area contributed by atoms with Gasteiger partial charge in [-0.25, -0.2) is 4.98 Å². The molecule has 1 aromatic carbocycles. The van der Waals surface area contributed by atoms with Crippen LogP contribution >= 0.6 is 11.3 Å². The van der Waals surface area contributed by atoms with Gasteiger partial charge in [-0.1, -0.05) is 11.3 Å². The van der Waals surface area contributed by atoms with Gasteiger partial charge in [-0.2, -0.15) is 10.1 Å². The molecule has 8 nitrogen and oxygen atoms in total. The van der Waals surface area contributed by atoms with Crippen molar-refractivity contribution in [2.45, 2.75) is 0 Å². The van der Waals surface area contributed by atoms with Crippen molar-refractivity contribution in [1.82, 2.24) is 29.6 Å². The second-order valence-corrected chi connectivity index (χ2v) is 7.33. The van der Waals surface area contributed by atoms with Gasteiger partial charge in [0.25, 0.3) is 5.56 Å². The average molecular weight is 367 g/mol. The van der Waals surface area contributed by atoms with Gasteiger partial charge in [-0.3, -0.25) is 14.0 Å². The number of aromatic nitrogens is 5. The quantitative estimate of drug-likeness (QED) is 0.572. The monoisotopic (exact) mass is 367 g/mol. The van der Waals surface area contributed by atoms with Gasteiger partial charge in [0.15, 0.2) is 10.8 Å². The van der Waals surface area contributed by atoms with E-state index in [0.717, 1.165) is 47.9 Å². The van der Waals surface area contributed by atoms with Crippen LogP contribution in [-0.2, 0) is 7.05 Å². The molecule has 0 bridgehead atoms. The number of piperazine rings is 1. The normalized spacial score (nSPS) is 15.2. The fourth-order valence-electron chi connectivity index (χ4n) is 3.26. The molecule has 1 saturated heterocycles. The predicted molar refractivity (Wildman–Crippen MR) is 102 cm³/mol. The molecular weight excluding hydrogens is 350 g/mol. The number of nitrogens with zero attached hydrogens (tertiary/aromatic N) is 6. The second kappa shape index (κ2) is 5.89. The smallest absolute Gasteiger partial charge is 0.277 e. The Hall–Kier alpha value is -2.78. The Morgan fingerprint density at radius 3 is 2.92 bits per heavy atom. The first-order chi connectivity index (χ1) is 12.7. The fourth-order valence-corrected chi connectivity index (χ4v) is 4.27. The summed E-state index contributed by atoms with van der Waals surface area (Å²) in [5.41, 5.74) is 2.11. The van der Waals surface area contributed by atoms with E-state index in [1.165, 1.54) is 11.3 Å². The van der Waals surface area contributed by atoms with E-state index in [1.807, 2.05) is 31.4 Å². The van der Waals surface area contributed by atoms with Crippen molar-refractivity contribution in [3.63, 3.8) is 0 Å². The van der Waals surface area contributed by atoms with E-state index in [9.17, 15) is 4.79 Å². The molecule has 0 radical (unpaired) electrons. The maximum absolute atomic E-state index is 13.0. The number of fused-ring (bicyclic) bond motifs is 2. The molecule has 0 atom stereocenters. The molecule has 5 rings (SSSR count). The van der Waals surface area contributed by atoms with Crippen LogP contribution in [0.4, 0.5) is 5.13 Å². The summed E-state index contributed by atoms with van der Waals surface area (Å²) in [6.07, 6.45) is 3.49. The Kier molecular flexibility index (Phi) is 3.50. The summed E-state index contributed by atoms with van der Waals surface area (Å²) in [6.45, 7) is 3.65. The van der Waals surface area contributed by atoms with Crippen LogP contribution in [-0.4, -0.2) is 50.5 Å². The summed E-state index contributed by atoms with van der Waals surface area (Å²) in [4.78, 5) is 24.2. The maximum Gasteiger partial charge on any atom is 0.277 e. The number of anilines is 1. The summed E-state index contributed by atoms with van der Waals surface area (Å²) in [7, 11) is 1.88. The molecule has 26 heavy (non-hydrogen) atoms. The first-order valence-electron chi connectivity index (χ1n) is 8.47. The van der Waals surface area contributed by atoms with Crippen molar-refractivity contribution in [1.29, 1.82) is 0 Å². The average Bonchev–Trinajstić information content (AvgIpc) is 3.25. The predicted octanol–water partition coefficient (Wildman–Crippen LogP) is 1.14. The molecule has 3 aromatic heterocycles. The first-order valence-corrected chi connectivity index (χ1v) is 9.28. The molecule has 4 aromatic rings. The summed E-state index contributed by atoms with van der Waals surface area (Å²) >= 11 is 1.42. The van der Waals surface area contributed by atoms with Crippen LogP contribution in [0.5, 0.6) is 0 Å². The molecule has 0 amide bonds. The van der Waals surface area contributed by atoms with Gasteiger partial charge < -0.3 is 10.2 Å². The van der Waals surface area contributed by atoms with Crippen molar-refractivity contribution in [2.24, 2.45) is 7.05 Å². The van der Waals surface area contributed by atoms with Crippen molar-refractivity contribution < 1.29 is 0 Å². The van der Waals surface area contributed by atoms with Crippen LogP contribution in [0.15, 0.2) is 35.5 Å². The van der Waals surface area contributed by atoms with E-state index < -0.39 is 0 Å². The lowest BCUT2D eigenvalue weighted by molar-refractivity contribution is 0.588. The largest absolute Gasteiger partial charge is 0.345 e. The lowest BCUT2D eigenvalue weighted by Gasteiger charge is -2.26. The third kappa shape index (κ3) is 2.47. The zero-order valence-corrected chi connectivity index (χ0v) is 15.0. The molecule has 1 N–H and O–H groups in total. The number of rotatable bonds is 2. The highest BCUT2D eigenvalue weighted by atomic mass is 32.1. The Balaban J connectivity index is 1.61. The molecule has 1 aliphatic rings. The molecular formula is C17H17N7OS. The number of benzene rings is 1. The van der Waals surface area contributed by atoms with Gasteiger partial charge in [0, 0.05) is 44.8 Å². The van der Waals surface area contributed by atoms with Crippen LogP contribution in [0.1, 0.15) is 0 Å². The maximum atomic E-state index is 13.0. The minimum Gasteiger partial charge on any atom is -0.345 e. The van der Waals surface area contributed by atoms with E-state index in [0.29, 0.717) is 10.3 Å². The molecule has 0 unspecified atom stereocenters. The van der Waals surface area contributed by atoms with Crippen LogP contribution in [0.2, 0.25) is 0 Å². The lowest BCUT2D eigenvalue weighted by Crippen LogP contribution is -2.43. The highest BCUT2D eigenvalue weighted by molar-refractivity contribution is 7.22. The Bertz CT molecular complexity index is 1170. The molecule has 0 aliphatic carbocycles. The van der Waals surface area contributed by atoms with Gasteiger partial charge >= 0.3 is 0 Å². The highest BCUT2D eigenvalue weighted by Crippen LogP contribution is 2.26. The standard InChI is InChI=1S/C17H17N7OS/c1-22-9-11-8-12(2-3-13(11)21-22)24-10-19-15-14(16(24)25)26-17(20-15)23-6-4-18-5-7-23/h2-3,8-10,18H,4-7H2,1H3. The van der Waals surface area contributed by atoms with Crippen LogP contribution < -0.4 is 15.8 Å². The fraction of sp³-hybridized carbons (Fsp3) is 0.294. The van der Waals surface area contributed by atoms with E-state index in [4.69, 9.17) is 0 Å².